The van der Waals surface area contributed by atoms with Gasteiger partial charge in [-0.05, 0) is 49.3 Å². The van der Waals surface area contributed by atoms with Crippen molar-refractivity contribution in [2.45, 2.75) is 37.6 Å². The summed E-state index contributed by atoms with van der Waals surface area (Å²) in [7, 11) is 0. The fourth-order valence-electron chi connectivity index (χ4n) is 3.21. The molecule has 2 fully saturated rings. The number of piperidine rings is 1. The van der Waals surface area contributed by atoms with Crippen molar-refractivity contribution in [1.29, 1.82) is 0 Å². The van der Waals surface area contributed by atoms with Crippen molar-refractivity contribution in [1.82, 2.24) is 4.90 Å². The fourth-order valence-corrected chi connectivity index (χ4v) is 3.21. The normalized spacial score (nSPS) is 28.2. The van der Waals surface area contributed by atoms with E-state index in [4.69, 9.17) is 0 Å². The van der Waals surface area contributed by atoms with E-state index in [1.54, 1.807) is 12.1 Å². The van der Waals surface area contributed by atoms with Crippen molar-refractivity contribution in [3.05, 3.63) is 35.6 Å². The molecule has 21 heavy (non-hydrogen) atoms. The quantitative estimate of drug-likeness (QED) is 0.930. The lowest BCUT2D eigenvalue weighted by Gasteiger charge is -2.33. The summed E-state index contributed by atoms with van der Waals surface area (Å²) < 4.78 is 12.9. The Balaban J connectivity index is 1.69. The van der Waals surface area contributed by atoms with Crippen LogP contribution < -0.4 is 0 Å². The first kappa shape index (κ1) is 14.0. The van der Waals surface area contributed by atoms with Gasteiger partial charge in [-0.25, -0.2) is 9.18 Å². The van der Waals surface area contributed by atoms with E-state index in [1.165, 1.54) is 17.0 Å². The maximum Gasteiger partial charge on any atom is 0.326 e. The zero-order chi connectivity index (χ0) is 15.0. The van der Waals surface area contributed by atoms with Crippen molar-refractivity contribution < 1.29 is 19.1 Å². The van der Waals surface area contributed by atoms with Crippen LogP contribution in [0.15, 0.2) is 24.3 Å². The molecule has 1 heterocycles. The maximum atomic E-state index is 12.9. The molecule has 4 nitrogen and oxygen atoms in total. The van der Waals surface area contributed by atoms with Gasteiger partial charge in [0.25, 0.3) is 0 Å². The van der Waals surface area contributed by atoms with Crippen LogP contribution in [0.25, 0.3) is 0 Å². The van der Waals surface area contributed by atoms with Gasteiger partial charge in [-0.1, -0.05) is 12.1 Å². The molecule has 112 valence electrons. The Morgan fingerprint density at radius 1 is 1.19 bits per heavy atom. The van der Waals surface area contributed by atoms with E-state index in [1.807, 2.05) is 0 Å². The summed E-state index contributed by atoms with van der Waals surface area (Å²) in [5, 5.41) is 9.24. The van der Waals surface area contributed by atoms with Crippen LogP contribution in [0.2, 0.25) is 0 Å². The Morgan fingerprint density at radius 3 is 2.57 bits per heavy atom. The van der Waals surface area contributed by atoms with Gasteiger partial charge < -0.3 is 10.0 Å². The number of benzene rings is 1. The van der Waals surface area contributed by atoms with Gasteiger partial charge in [0, 0.05) is 12.5 Å². The molecule has 1 aromatic carbocycles. The van der Waals surface area contributed by atoms with Crippen molar-refractivity contribution >= 4 is 11.9 Å². The van der Waals surface area contributed by atoms with E-state index >= 15 is 0 Å². The number of hydrogen-bond acceptors (Lipinski definition) is 2. The molecule has 1 aliphatic carbocycles. The van der Waals surface area contributed by atoms with Gasteiger partial charge in [-0.2, -0.15) is 0 Å². The van der Waals surface area contributed by atoms with Crippen LogP contribution in [0.1, 0.15) is 37.2 Å². The Hall–Kier alpha value is -1.91. The van der Waals surface area contributed by atoms with Crippen LogP contribution in [0.3, 0.4) is 0 Å². The van der Waals surface area contributed by atoms with Crippen LogP contribution in [0.5, 0.6) is 0 Å². The smallest absolute Gasteiger partial charge is 0.326 e. The van der Waals surface area contributed by atoms with Crippen LogP contribution in [0, 0.1) is 11.7 Å². The Bertz CT molecular complexity index is 557. The first-order chi connectivity index (χ1) is 10.1. The van der Waals surface area contributed by atoms with Gasteiger partial charge in [0.2, 0.25) is 5.91 Å². The van der Waals surface area contributed by atoms with E-state index in [9.17, 15) is 19.1 Å². The first-order valence-electron chi connectivity index (χ1n) is 7.36. The number of likely N-dealkylation sites (tertiary alicyclic amines) is 1. The number of rotatable bonds is 3. The third kappa shape index (κ3) is 2.77. The molecule has 0 aromatic heterocycles. The average molecular weight is 291 g/mol. The molecule has 0 unspecified atom stereocenters. The van der Waals surface area contributed by atoms with E-state index in [2.05, 4.69) is 0 Å². The van der Waals surface area contributed by atoms with Crippen LogP contribution in [0.4, 0.5) is 4.39 Å². The molecule has 1 N–H and O–H groups in total. The first-order valence-corrected chi connectivity index (χ1v) is 7.36. The van der Waals surface area contributed by atoms with Gasteiger partial charge in [-0.15, -0.1) is 0 Å². The number of halogens is 1. The third-order valence-corrected chi connectivity index (χ3v) is 4.48. The van der Waals surface area contributed by atoms with Crippen LogP contribution in [-0.2, 0) is 9.59 Å². The standard InChI is InChI=1S/C16H18FNO3/c17-11-6-4-10(5-7-11)12-9-13(12)15(19)18-8-2-1-3-14(18)16(20)21/h4-7,12-14H,1-3,8-9H2,(H,20,21)/t12-,13+,14-/m1/s1. The second-order valence-electron chi connectivity index (χ2n) is 5.88. The average Bonchev–Trinajstić information content (AvgIpc) is 3.27. The summed E-state index contributed by atoms with van der Waals surface area (Å²) in [5.74, 6) is -1.30. The molecule has 2 aliphatic rings. The van der Waals surface area contributed by atoms with Crippen molar-refractivity contribution in [2.24, 2.45) is 5.92 Å². The van der Waals surface area contributed by atoms with E-state index < -0.39 is 12.0 Å². The molecule has 1 saturated carbocycles. The minimum atomic E-state index is -0.915. The lowest BCUT2D eigenvalue weighted by Crippen LogP contribution is -2.48. The fraction of sp³-hybridized carbons (Fsp3) is 0.500. The van der Waals surface area contributed by atoms with Crippen LogP contribution in [-0.4, -0.2) is 34.5 Å². The van der Waals surface area contributed by atoms with Gasteiger partial charge in [0.15, 0.2) is 0 Å². The predicted octanol–water partition coefficient (Wildman–Crippen LogP) is 2.39. The monoisotopic (exact) mass is 291 g/mol. The topological polar surface area (TPSA) is 57.6 Å². The highest BCUT2D eigenvalue weighted by molar-refractivity contribution is 5.87. The van der Waals surface area contributed by atoms with Gasteiger partial charge in [0.05, 0.1) is 0 Å². The number of amides is 1. The Labute approximate surface area is 122 Å². The number of carboxylic acid groups (broad SMARTS) is 1. The molecule has 1 aliphatic heterocycles. The summed E-state index contributed by atoms with van der Waals surface area (Å²) in [6.45, 7) is 0.530. The number of carbonyl (C=O) groups is 2. The molecular formula is C16H18FNO3. The van der Waals surface area contributed by atoms with Crippen molar-refractivity contribution in [3.63, 3.8) is 0 Å². The highest BCUT2D eigenvalue weighted by Crippen LogP contribution is 2.49. The largest absolute Gasteiger partial charge is 0.480 e. The molecule has 3 rings (SSSR count). The summed E-state index contributed by atoms with van der Waals surface area (Å²) in [5.41, 5.74) is 0.957. The molecule has 3 atom stereocenters. The molecule has 0 radical (unpaired) electrons. The third-order valence-electron chi connectivity index (χ3n) is 4.48. The van der Waals surface area contributed by atoms with E-state index in [-0.39, 0.29) is 23.6 Å². The summed E-state index contributed by atoms with van der Waals surface area (Å²) in [6, 6.07) is 5.53. The summed E-state index contributed by atoms with van der Waals surface area (Å²) >= 11 is 0. The molecular weight excluding hydrogens is 273 g/mol. The summed E-state index contributed by atoms with van der Waals surface area (Å²) in [6.07, 6.45) is 2.98. The second kappa shape index (κ2) is 5.47. The lowest BCUT2D eigenvalue weighted by molar-refractivity contribution is -0.152. The number of carboxylic acids is 1. The summed E-state index contributed by atoms with van der Waals surface area (Å²) in [4.78, 5) is 25.3. The Morgan fingerprint density at radius 2 is 1.90 bits per heavy atom. The predicted molar refractivity (Wildman–Crippen MR) is 74.2 cm³/mol. The van der Waals surface area contributed by atoms with Crippen molar-refractivity contribution in [3.8, 4) is 0 Å². The highest BCUT2D eigenvalue weighted by atomic mass is 19.1. The molecule has 0 spiro atoms. The Kier molecular flexibility index (Phi) is 3.66. The zero-order valence-corrected chi connectivity index (χ0v) is 11.7. The van der Waals surface area contributed by atoms with Gasteiger partial charge in [0.1, 0.15) is 11.9 Å². The number of carbonyl (C=O) groups excluding carboxylic acids is 1. The molecule has 1 amide bonds. The molecule has 5 heteroatoms. The number of nitrogens with zero attached hydrogens (tertiary/aromatic N) is 1. The van der Waals surface area contributed by atoms with Gasteiger partial charge in [-0.3, -0.25) is 4.79 Å². The number of aliphatic carboxylic acids is 1. The molecule has 0 bridgehead atoms. The highest BCUT2D eigenvalue weighted by Gasteiger charge is 2.48. The SMILES string of the molecule is O=C(O)[C@H]1CCCCN1C(=O)[C@H]1C[C@@H]1c1ccc(F)cc1. The van der Waals surface area contributed by atoms with E-state index in [0.717, 1.165) is 24.8 Å². The van der Waals surface area contributed by atoms with Crippen LogP contribution >= 0.6 is 0 Å². The zero-order valence-electron chi connectivity index (χ0n) is 11.7. The molecule has 1 aromatic rings. The second-order valence-corrected chi connectivity index (χ2v) is 5.88. The lowest BCUT2D eigenvalue weighted by atomic mass is 10.0. The maximum absolute atomic E-state index is 12.9. The minimum absolute atomic E-state index is 0.0589. The molecule has 1 saturated heterocycles. The van der Waals surface area contributed by atoms with Gasteiger partial charge >= 0.3 is 5.97 Å². The van der Waals surface area contributed by atoms with Crippen molar-refractivity contribution in [2.75, 3.05) is 6.54 Å². The number of hydrogen-bond donors (Lipinski definition) is 1. The minimum Gasteiger partial charge on any atom is -0.480 e. The van der Waals surface area contributed by atoms with E-state index in [0.29, 0.717) is 13.0 Å².